The highest BCUT2D eigenvalue weighted by Gasteiger charge is 2.41. The third kappa shape index (κ3) is 2.13. The van der Waals surface area contributed by atoms with Crippen LogP contribution in [0.5, 0.6) is 11.5 Å². The van der Waals surface area contributed by atoms with Crippen molar-refractivity contribution in [3.8, 4) is 11.5 Å². The predicted octanol–water partition coefficient (Wildman–Crippen LogP) is 0.911. The Morgan fingerprint density at radius 3 is 2.17 bits per heavy atom. The molecule has 1 aromatic carbocycles. The Bertz CT molecular complexity index is 440. The van der Waals surface area contributed by atoms with E-state index in [1.807, 2.05) is 0 Å². The number of likely N-dealkylation sites (tertiary alicyclic amines) is 1. The number of hydrogen-bond acceptors (Lipinski definition) is 4. The van der Waals surface area contributed by atoms with Gasteiger partial charge in [0.15, 0.2) is 0 Å². The Labute approximate surface area is 106 Å². The van der Waals surface area contributed by atoms with E-state index in [9.17, 15) is 9.90 Å². The standard InChI is InChI=1S/C13H17NO4/c1-13(16)7-14(8-13)12(15)11-9(17-2)5-4-6-10(11)18-3/h4-6,16H,7-8H2,1-3H3. The summed E-state index contributed by atoms with van der Waals surface area (Å²) < 4.78 is 10.4. The van der Waals surface area contributed by atoms with E-state index in [-0.39, 0.29) is 5.91 Å². The van der Waals surface area contributed by atoms with Crippen molar-refractivity contribution in [2.75, 3.05) is 27.3 Å². The summed E-state index contributed by atoms with van der Waals surface area (Å²) in [6.07, 6.45) is 0. The highest BCUT2D eigenvalue weighted by Crippen LogP contribution is 2.32. The van der Waals surface area contributed by atoms with Crippen LogP contribution in [-0.4, -0.2) is 48.8 Å². The van der Waals surface area contributed by atoms with Crippen LogP contribution >= 0.6 is 0 Å². The molecular formula is C13H17NO4. The molecule has 1 saturated heterocycles. The van der Waals surface area contributed by atoms with Crippen LogP contribution in [-0.2, 0) is 0 Å². The summed E-state index contributed by atoms with van der Waals surface area (Å²) in [4.78, 5) is 13.9. The molecule has 1 fully saturated rings. The Hall–Kier alpha value is -1.75. The molecule has 1 heterocycles. The highest BCUT2D eigenvalue weighted by molar-refractivity contribution is 6.00. The van der Waals surface area contributed by atoms with E-state index in [1.165, 1.54) is 14.2 Å². The van der Waals surface area contributed by atoms with E-state index in [2.05, 4.69) is 0 Å². The largest absolute Gasteiger partial charge is 0.496 e. The number of nitrogens with zero attached hydrogens (tertiary/aromatic N) is 1. The summed E-state index contributed by atoms with van der Waals surface area (Å²) >= 11 is 0. The van der Waals surface area contributed by atoms with Crippen molar-refractivity contribution in [2.45, 2.75) is 12.5 Å². The molecule has 0 aliphatic carbocycles. The first kappa shape index (κ1) is 12.7. The zero-order valence-corrected chi connectivity index (χ0v) is 10.8. The summed E-state index contributed by atoms with van der Waals surface area (Å²) in [7, 11) is 3.02. The molecule has 98 valence electrons. The summed E-state index contributed by atoms with van der Waals surface area (Å²) in [6.45, 7) is 2.36. The molecule has 1 aromatic rings. The molecular weight excluding hydrogens is 234 g/mol. The molecule has 0 saturated carbocycles. The van der Waals surface area contributed by atoms with Crippen LogP contribution in [0.4, 0.5) is 0 Å². The van der Waals surface area contributed by atoms with E-state index >= 15 is 0 Å². The number of rotatable bonds is 3. The van der Waals surface area contributed by atoms with Crippen LogP contribution in [0.15, 0.2) is 18.2 Å². The van der Waals surface area contributed by atoms with Crippen LogP contribution in [0.25, 0.3) is 0 Å². The maximum Gasteiger partial charge on any atom is 0.261 e. The van der Waals surface area contributed by atoms with Crippen molar-refractivity contribution in [3.05, 3.63) is 23.8 Å². The second kappa shape index (κ2) is 4.49. The molecule has 0 atom stereocenters. The lowest BCUT2D eigenvalue weighted by Gasteiger charge is -2.44. The Balaban J connectivity index is 2.30. The normalized spacial score (nSPS) is 17.0. The Morgan fingerprint density at radius 1 is 1.28 bits per heavy atom. The lowest BCUT2D eigenvalue weighted by Crippen LogP contribution is -2.61. The maximum atomic E-state index is 12.3. The zero-order chi connectivity index (χ0) is 13.3. The first-order valence-corrected chi connectivity index (χ1v) is 5.71. The molecule has 0 bridgehead atoms. The molecule has 0 aromatic heterocycles. The lowest BCUT2D eigenvalue weighted by molar-refractivity contribution is -0.0670. The molecule has 18 heavy (non-hydrogen) atoms. The van der Waals surface area contributed by atoms with Gasteiger partial charge in [-0.1, -0.05) is 6.07 Å². The molecule has 5 heteroatoms. The number of carbonyl (C=O) groups is 1. The number of β-amino-alcohol motifs (C(OH)–C–C–N with tert-alkyl or cyclic N) is 1. The van der Waals surface area contributed by atoms with Gasteiger partial charge in [0.2, 0.25) is 0 Å². The van der Waals surface area contributed by atoms with Crippen LogP contribution in [0.3, 0.4) is 0 Å². The van der Waals surface area contributed by atoms with Crippen LogP contribution in [0.2, 0.25) is 0 Å². The first-order chi connectivity index (χ1) is 8.48. The number of methoxy groups -OCH3 is 2. The minimum atomic E-state index is -0.787. The van der Waals surface area contributed by atoms with Gasteiger partial charge in [-0.15, -0.1) is 0 Å². The van der Waals surface area contributed by atoms with Crippen LogP contribution in [0.1, 0.15) is 17.3 Å². The minimum absolute atomic E-state index is 0.184. The molecule has 1 amide bonds. The molecule has 2 rings (SSSR count). The van der Waals surface area contributed by atoms with Crippen molar-refractivity contribution in [2.24, 2.45) is 0 Å². The number of benzene rings is 1. The second-order valence-corrected chi connectivity index (χ2v) is 4.70. The zero-order valence-electron chi connectivity index (χ0n) is 10.8. The fourth-order valence-electron chi connectivity index (χ4n) is 2.14. The van der Waals surface area contributed by atoms with Gasteiger partial charge in [-0.05, 0) is 19.1 Å². The summed E-state index contributed by atoms with van der Waals surface area (Å²) in [6, 6.07) is 5.20. The third-order valence-corrected chi connectivity index (χ3v) is 2.99. The van der Waals surface area contributed by atoms with Gasteiger partial charge in [0, 0.05) is 0 Å². The van der Waals surface area contributed by atoms with Gasteiger partial charge >= 0.3 is 0 Å². The molecule has 0 unspecified atom stereocenters. The molecule has 1 N–H and O–H groups in total. The van der Waals surface area contributed by atoms with Crippen molar-refractivity contribution in [1.82, 2.24) is 4.90 Å². The monoisotopic (exact) mass is 251 g/mol. The Kier molecular flexibility index (Phi) is 3.17. The lowest BCUT2D eigenvalue weighted by atomic mass is 9.95. The third-order valence-electron chi connectivity index (χ3n) is 2.99. The van der Waals surface area contributed by atoms with Crippen molar-refractivity contribution in [3.63, 3.8) is 0 Å². The van der Waals surface area contributed by atoms with Crippen molar-refractivity contribution in [1.29, 1.82) is 0 Å². The molecule has 0 spiro atoms. The fraction of sp³-hybridized carbons (Fsp3) is 0.462. The number of carbonyl (C=O) groups excluding carboxylic acids is 1. The van der Waals surface area contributed by atoms with Crippen LogP contribution < -0.4 is 9.47 Å². The number of hydrogen-bond donors (Lipinski definition) is 1. The van der Waals surface area contributed by atoms with E-state index in [4.69, 9.17) is 9.47 Å². The molecule has 1 aliphatic heterocycles. The van der Waals surface area contributed by atoms with E-state index in [0.717, 1.165) is 0 Å². The van der Waals surface area contributed by atoms with E-state index < -0.39 is 5.60 Å². The van der Waals surface area contributed by atoms with Gasteiger partial charge in [-0.2, -0.15) is 0 Å². The number of amides is 1. The summed E-state index contributed by atoms with van der Waals surface area (Å²) in [5, 5.41) is 9.68. The predicted molar refractivity (Wildman–Crippen MR) is 66.1 cm³/mol. The first-order valence-electron chi connectivity index (χ1n) is 5.71. The van der Waals surface area contributed by atoms with E-state index in [0.29, 0.717) is 30.2 Å². The average Bonchev–Trinajstić information content (AvgIpc) is 2.33. The molecule has 0 radical (unpaired) electrons. The molecule has 1 aliphatic rings. The van der Waals surface area contributed by atoms with Gasteiger partial charge in [0.05, 0.1) is 32.9 Å². The van der Waals surface area contributed by atoms with Gasteiger partial charge in [-0.25, -0.2) is 0 Å². The average molecular weight is 251 g/mol. The van der Waals surface area contributed by atoms with Gasteiger partial charge < -0.3 is 19.5 Å². The number of ether oxygens (including phenoxy) is 2. The summed E-state index contributed by atoms with van der Waals surface area (Å²) in [5.74, 6) is 0.771. The Morgan fingerprint density at radius 2 is 1.78 bits per heavy atom. The SMILES string of the molecule is COc1cccc(OC)c1C(=O)N1CC(C)(O)C1. The van der Waals surface area contributed by atoms with Gasteiger partial charge in [-0.3, -0.25) is 4.79 Å². The van der Waals surface area contributed by atoms with Crippen molar-refractivity contribution >= 4 is 5.91 Å². The topological polar surface area (TPSA) is 59.0 Å². The van der Waals surface area contributed by atoms with Gasteiger partial charge in [0.25, 0.3) is 5.91 Å². The minimum Gasteiger partial charge on any atom is -0.496 e. The highest BCUT2D eigenvalue weighted by atomic mass is 16.5. The second-order valence-electron chi connectivity index (χ2n) is 4.70. The van der Waals surface area contributed by atoms with Crippen LogP contribution in [0, 0.1) is 0 Å². The van der Waals surface area contributed by atoms with Gasteiger partial charge in [0.1, 0.15) is 17.1 Å². The van der Waals surface area contributed by atoms with Crippen molar-refractivity contribution < 1.29 is 19.4 Å². The smallest absolute Gasteiger partial charge is 0.261 e. The fourth-order valence-corrected chi connectivity index (χ4v) is 2.14. The quantitative estimate of drug-likeness (QED) is 0.867. The summed E-state index contributed by atoms with van der Waals surface area (Å²) in [5.41, 5.74) is -0.386. The number of aliphatic hydroxyl groups is 1. The maximum absolute atomic E-state index is 12.3. The molecule has 5 nitrogen and oxygen atoms in total. The van der Waals surface area contributed by atoms with E-state index in [1.54, 1.807) is 30.0 Å².